The van der Waals surface area contributed by atoms with Crippen molar-refractivity contribution in [3.63, 3.8) is 0 Å². The number of fused-ring (bicyclic) bond motifs is 1. The van der Waals surface area contributed by atoms with Gasteiger partial charge < -0.3 is 15.0 Å². The summed E-state index contributed by atoms with van der Waals surface area (Å²) < 4.78 is 13.2. The Morgan fingerprint density at radius 3 is 3.00 bits per heavy atom. The third kappa shape index (κ3) is 3.38. The number of aliphatic hydroxyl groups excluding tert-OH is 1. The highest BCUT2D eigenvalue weighted by molar-refractivity contribution is 5.89. The van der Waals surface area contributed by atoms with Gasteiger partial charge in [0.15, 0.2) is 0 Å². The number of hydrogen-bond acceptors (Lipinski definition) is 3. The number of nitrogens with zero attached hydrogens (tertiary/aromatic N) is 2. The number of carbonyl (C=O) groups excluding carboxylic acids is 1. The van der Waals surface area contributed by atoms with Crippen LogP contribution in [-0.2, 0) is 11.2 Å². The molecule has 0 aliphatic carbocycles. The minimum atomic E-state index is -0.286. The normalized spacial score (nSPS) is 19.4. The number of β-amino-alcohol motifs (C(OH)–C–C–N with tert-alkyl or cyclic N) is 1. The van der Waals surface area contributed by atoms with Gasteiger partial charge in [0.1, 0.15) is 5.82 Å². The highest BCUT2D eigenvalue weighted by Gasteiger charge is 2.27. The molecule has 1 aromatic carbocycles. The number of amides is 1. The summed E-state index contributed by atoms with van der Waals surface area (Å²) in [5.41, 5.74) is 1.61. The second kappa shape index (κ2) is 6.68. The van der Waals surface area contributed by atoms with Gasteiger partial charge in [-0.1, -0.05) is 0 Å². The minimum absolute atomic E-state index is 0.0892. The lowest BCUT2D eigenvalue weighted by atomic mass is 10.1. The maximum absolute atomic E-state index is 13.2. The van der Waals surface area contributed by atoms with E-state index in [-0.39, 0.29) is 24.4 Å². The standard InChI is InChI=1S/C17H22FN3O2/c1-12-11-20(6-7-22)4-5-21(12)17(23)8-13-10-19-16-9-14(18)2-3-15(13)16/h2-3,9-10,12,19,22H,4-8,11H2,1H3. The zero-order chi connectivity index (χ0) is 16.4. The summed E-state index contributed by atoms with van der Waals surface area (Å²) in [6.07, 6.45) is 2.10. The number of aromatic nitrogens is 1. The summed E-state index contributed by atoms with van der Waals surface area (Å²) >= 11 is 0. The molecule has 0 radical (unpaired) electrons. The van der Waals surface area contributed by atoms with E-state index < -0.39 is 0 Å². The molecule has 1 aromatic heterocycles. The Kier molecular flexibility index (Phi) is 4.63. The highest BCUT2D eigenvalue weighted by atomic mass is 19.1. The van der Waals surface area contributed by atoms with E-state index in [1.165, 1.54) is 12.1 Å². The van der Waals surface area contributed by atoms with Gasteiger partial charge in [0.25, 0.3) is 0 Å². The van der Waals surface area contributed by atoms with Crippen LogP contribution in [0.2, 0.25) is 0 Å². The van der Waals surface area contributed by atoms with Crippen LogP contribution in [0.3, 0.4) is 0 Å². The van der Waals surface area contributed by atoms with Crippen molar-refractivity contribution in [2.24, 2.45) is 0 Å². The Morgan fingerprint density at radius 1 is 1.43 bits per heavy atom. The van der Waals surface area contributed by atoms with E-state index >= 15 is 0 Å². The number of H-pyrrole nitrogens is 1. The molecule has 2 N–H and O–H groups in total. The molecule has 3 rings (SSSR count). The molecule has 1 aliphatic heterocycles. The molecular weight excluding hydrogens is 297 g/mol. The summed E-state index contributed by atoms with van der Waals surface area (Å²) in [7, 11) is 0. The smallest absolute Gasteiger partial charge is 0.227 e. The van der Waals surface area contributed by atoms with Crippen molar-refractivity contribution in [2.45, 2.75) is 19.4 Å². The third-order valence-electron chi connectivity index (χ3n) is 4.52. The van der Waals surface area contributed by atoms with Crippen molar-refractivity contribution in [1.82, 2.24) is 14.8 Å². The third-order valence-corrected chi connectivity index (χ3v) is 4.52. The second-order valence-electron chi connectivity index (χ2n) is 6.14. The molecule has 2 heterocycles. The molecule has 0 bridgehead atoms. The fourth-order valence-corrected chi connectivity index (χ4v) is 3.32. The van der Waals surface area contributed by atoms with Crippen LogP contribution >= 0.6 is 0 Å². The summed E-state index contributed by atoms with van der Waals surface area (Å²) in [6.45, 7) is 5.08. The molecule has 6 heteroatoms. The van der Waals surface area contributed by atoms with Gasteiger partial charge in [0.2, 0.25) is 5.91 Å². The van der Waals surface area contributed by atoms with Crippen LogP contribution in [-0.4, -0.2) is 64.6 Å². The molecule has 5 nitrogen and oxygen atoms in total. The minimum Gasteiger partial charge on any atom is -0.395 e. The lowest BCUT2D eigenvalue weighted by Crippen LogP contribution is -2.54. The van der Waals surface area contributed by atoms with E-state index in [1.807, 2.05) is 11.8 Å². The molecule has 0 spiro atoms. The monoisotopic (exact) mass is 319 g/mol. The number of aromatic amines is 1. The Balaban J connectivity index is 1.69. The predicted molar refractivity (Wildman–Crippen MR) is 86.7 cm³/mol. The second-order valence-corrected chi connectivity index (χ2v) is 6.14. The average Bonchev–Trinajstić information content (AvgIpc) is 2.89. The average molecular weight is 319 g/mol. The Labute approximate surface area is 134 Å². The van der Waals surface area contributed by atoms with Crippen LogP contribution in [0.1, 0.15) is 12.5 Å². The maximum Gasteiger partial charge on any atom is 0.227 e. The Bertz CT molecular complexity index is 700. The maximum atomic E-state index is 13.2. The van der Waals surface area contributed by atoms with Crippen LogP contribution in [0, 0.1) is 5.82 Å². The first-order chi connectivity index (χ1) is 11.1. The van der Waals surface area contributed by atoms with Gasteiger partial charge in [-0.2, -0.15) is 0 Å². The van der Waals surface area contributed by atoms with Crippen LogP contribution in [0.5, 0.6) is 0 Å². The van der Waals surface area contributed by atoms with E-state index in [1.54, 1.807) is 12.3 Å². The first-order valence-corrected chi connectivity index (χ1v) is 7.96. The number of benzene rings is 1. The lowest BCUT2D eigenvalue weighted by Gasteiger charge is -2.39. The van der Waals surface area contributed by atoms with Gasteiger partial charge >= 0.3 is 0 Å². The van der Waals surface area contributed by atoms with Crippen LogP contribution < -0.4 is 0 Å². The van der Waals surface area contributed by atoms with Crippen molar-refractivity contribution in [2.75, 3.05) is 32.8 Å². The lowest BCUT2D eigenvalue weighted by molar-refractivity contribution is -0.134. The molecule has 1 atom stereocenters. The largest absolute Gasteiger partial charge is 0.395 e. The van der Waals surface area contributed by atoms with Gasteiger partial charge in [-0.15, -0.1) is 0 Å². The van der Waals surface area contributed by atoms with Crippen molar-refractivity contribution < 1.29 is 14.3 Å². The van der Waals surface area contributed by atoms with Gasteiger partial charge in [0.05, 0.1) is 13.0 Å². The summed E-state index contributed by atoms with van der Waals surface area (Å²) in [4.78, 5) is 19.7. The number of nitrogens with one attached hydrogen (secondary N) is 1. The van der Waals surface area contributed by atoms with Crippen molar-refractivity contribution in [3.8, 4) is 0 Å². The van der Waals surface area contributed by atoms with Crippen molar-refractivity contribution in [3.05, 3.63) is 35.8 Å². The van der Waals surface area contributed by atoms with E-state index in [0.29, 0.717) is 25.0 Å². The quantitative estimate of drug-likeness (QED) is 0.895. The fraction of sp³-hybridized carbons (Fsp3) is 0.471. The first-order valence-electron chi connectivity index (χ1n) is 7.96. The number of carbonyl (C=O) groups is 1. The highest BCUT2D eigenvalue weighted by Crippen LogP contribution is 2.21. The molecule has 1 saturated heterocycles. The topological polar surface area (TPSA) is 59.6 Å². The Hall–Kier alpha value is -1.92. The van der Waals surface area contributed by atoms with E-state index in [9.17, 15) is 9.18 Å². The van der Waals surface area contributed by atoms with Gasteiger partial charge in [-0.3, -0.25) is 9.69 Å². The van der Waals surface area contributed by atoms with Crippen LogP contribution in [0.25, 0.3) is 10.9 Å². The first kappa shape index (κ1) is 16.0. The van der Waals surface area contributed by atoms with Gasteiger partial charge in [0, 0.05) is 49.3 Å². The molecule has 1 amide bonds. The van der Waals surface area contributed by atoms with Gasteiger partial charge in [-0.05, 0) is 30.7 Å². The molecular formula is C17H22FN3O2. The molecule has 1 aliphatic rings. The van der Waals surface area contributed by atoms with Crippen LogP contribution in [0.15, 0.2) is 24.4 Å². The van der Waals surface area contributed by atoms with E-state index in [2.05, 4.69) is 9.88 Å². The molecule has 124 valence electrons. The Morgan fingerprint density at radius 2 is 2.26 bits per heavy atom. The number of hydrogen-bond donors (Lipinski definition) is 2. The van der Waals surface area contributed by atoms with Crippen molar-refractivity contribution >= 4 is 16.8 Å². The molecule has 2 aromatic rings. The van der Waals surface area contributed by atoms with Crippen LogP contribution in [0.4, 0.5) is 4.39 Å². The van der Waals surface area contributed by atoms with E-state index in [0.717, 1.165) is 24.0 Å². The summed E-state index contributed by atoms with van der Waals surface area (Å²) in [5.74, 6) is -0.197. The summed E-state index contributed by atoms with van der Waals surface area (Å²) in [5, 5.41) is 9.91. The van der Waals surface area contributed by atoms with Crippen molar-refractivity contribution in [1.29, 1.82) is 0 Å². The number of rotatable bonds is 4. The summed E-state index contributed by atoms with van der Waals surface area (Å²) in [6, 6.07) is 4.71. The molecule has 23 heavy (non-hydrogen) atoms. The van der Waals surface area contributed by atoms with Gasteiger partial charge in [-0.25, -0.2) is 4.39 Å². The fourth-order valence-electron chi connectivity index (χ4n) is 3.32. The number of halogens is 1. The zero-order valence-electron chi connectivity index (χ0n) is 13.3. The molecule has 1 unspecified atom stereocenters. The predicted octanol–water partition coefficient (Wildman–Crippen LogP) is 1.37. The zero-order valence-corrected chi connectivity index (χ0v) is 13.3. The molecule has 1 fully saturated rings. The number of aliphatic hydroxyl groups is 1. The SMILES string of the molecule is CC1CN(CCO)CCN1C(=O)Cc1c[nH]c2cc(F)ccc12. The number of piperazine rings is 1. The molecule has 0 saturated carbocycles. The van der Waals surface area contributed by atoms with E-state index in [4.69, 9.17) is 5.11 Å².